The van der Waals surface area contributed by atoms with Crippen molar-refractivity contribution in [3.63, 3.8) is 0 Å². The minimum atomic E-state index is 1.06. The van der Waals surface area contributed by atoms with Crippen molar-refractivity contribution in [3.05, 3.63) is 48.3 Å². The van der Waals surface area contributed by atoms with E-state index in [1.54, 1.807) is 0 Å². The molecular formula is C15H19N3. The molecule has 0 radical (unpaired) electrons. The Bertz CT molecular complexity index is 484. The van der Waals surface area contributed by atoms with Crippen LogP contribution in [0.2, 0.25) is 0 Å². The number of aromatic nitrogens is 2. The van der Waals surface area contributed by atoms with Crippen LogP contribution in [0.3, 0.4) is 0 Å². The molecule has 1 aliphatic rings. The Balaban J connectivity index is 1.74. The first kappa shape index (κ1) is 11.5. The van der Waals surface area contributed by atoms with Crippen LogP contribution in [-0.2, 0) is 6.54 Å². The van der Waals surface area contributed by atoms with E-state index in [1.807, 2.05) is 23.1 Å². The molecule has 0 spiro atoms. The Morgan fingerprint density at radius 1 is 1.06 bits per heavy atom. The highest BCUT2D eigenvalue weighted by atomic mass is 15.3. The maximum Gasteiger partial charge on any atom is 0.0648 e. The van der Waals surface area contributed by atoms with Gasteiger partial charge in [-0.25, -0.2) is 4.68 Å². The first-order valence-corrected chi connectivity index (χ1v) is 6.73. The molecule has 0 bridgehead atoms. The van der Waals surface area contributed by atoms with Gasteiger partial charge in [0.25, 0.3) is 0 Å². The van der Waals surface area contributed by atoms with Crippen LogP contribution in [-0.4, -0.2) is 27.8 Å². The SMILES string of the molecule is c1cc(CN2CCCCC2)cc(-n2cccn2)c1. The van der Waals surface area contributed by atoms with Gasteiger partial charge in [-0.2, -0.15) is 5.10 Å². The lowest BCUT2D eigenvalue weighted by Crippen LogP contribution is -2.29. The molecule has 2 heterocycles. The summed E-state index contributed by atoms with van der Waals surface area (Å²) in [7, 11) is 0. The third-order valence-electron chi connectivity index (χ3n) is 3.53. The van der Waals surface area contributed by atoms with Crippen molar-refractivity contribution in [2.75, 3.05) is 13.1 Å². The van der Waals surface area contributed by atoms with Crippen LogP contribution < -0.4 is 0 Å². The number of hydrogen-bond acceptors (Lipinski definition) is 2. The summed E-state index contributed by atoms with van der Waals surface area (Å²) in [4.78, 5) is 2.55. The molecular weight excluding hydrogens is 222 g/mol. The molecule has 3 nitrogen and oxygen atoms in total. The number of hydrogen-bond donors (Lipinski definition) is 0. The van der Waals surface area contributed by atoms with Gasteiger partial charge in [-0.3, -0.25) is 4.90 Å². The van der Waals surface area contributed by atoms with Crippen molar-refractivity contribution in [2.45, 2.75) is 25.8 Å². The Morgan fingerprint density at radius 3 is 2.72 bits per heavy atom. The highest BCUT2D eigenvalue weighted by molar-refractivity contribution is 5.35. The fourth-order valence-corrected chi connectivity index (χ4v) is 2.59. The van der Waals surface area contributed by atoms with Crippen molar-refractivity contribution in [3.8, 4) is 5.69 Å². The lowest BCUT2D eigenvalue weighted by molar-refractivity contribution is 0.221. The predicted octanol–water partition coefficient (Wildman–Crippen LogP) is 2.86. The molecule has 0 aliphatic carbocycles. The fraction of sp³-hybridized carbons (Fsp3) is 0.400. The topological polar surface area (TPSA) is 21.1 Å². The molecule has 0 saturated carbocycles. The molecule has 1 aliphatic heterocycles. The average molecular weight is 241 g/mol. The van der Waals surface area contributed by atoms with Gasteiger partial charge < -0.3 is 0 Å². The van der Waals surface area contributed by atoms with Gasteiger partial charge in [0.1, 0.15) is 0 Å². The second kappa shape index (κ2) is 5.36. The molecule has 1 aromatic carbocycles. The number of piperidine rings is 1. The van der Waals surface area contributed by atoms with E-state index in [0.717, 1.165) is 12.2 Å². The molecule has 1 aromatic heterocycles. The monoisotopic (exact) mass is 241 g/mol. The lowest BCUT2D eigenvalue weighted by atomic mass is 10.1. The van der Waals surface area contributed by atoms with E-state index in [1.165, 1.54) is 37.9 Å². The average Bonchev–Trinajstić information content (AvgIpc) is 2.94. The van der Waals surface area contributed by atoms with Gasteiger partial charge >= 0.3 is 0 Å². The molecule has 3 rings (SSSR count). The van der Waals surface area contributed by atoms with Crippen LogP contribution in [0.25, 0.3) is 5.69 Å². The van der Waals surface area contributed by atoms with Crippen molar-refractivity contribution in [2.24, 2.45) is 0 Å². The first-order chi connectivity index (χ1) is 8.92. The summed E-state index contributed by atoms with van der Waals surface area (Å²) in [5.41, 5.74) is 2.53. The van der Waals surface area contributed by atoms with Gasteiger partial charge in [0.15, 0.2) is 0 Å². The van der Waals surface area contributed by atoms with Crippen LogP contribution in [0.5, 0.6) is 0 Å². The van der Waals surface area contributed by atoms with E-state index in [0.29, 0.717) is 0 Å². The van der Waals surface area contributed by atoms with E-state index in [4.69, 9.17) is 0 Å². The van der Waals surface area contributed by atoms with Crippen LogP contribution >= 0.6 is 0 Å². The van der Waals surface area contributed by atoms with Crippen LogP contribution in [0.4, 0.5) is 0 Å². The largest absolute Gasteiger partial charge is 0.299 e. The maximum absolute atomic E-state index is 4.28. The summed E-state index contributed by atoms with van der Waals surface area (Å²) < 4.78 is 1.92. The molecule has 2 aromatic rings. The van der Waals surface area contributed by atoms with Crippen molar-refractivity contribution in [1.82, 2.24) is 14.7 Å². The van der Waals surface area contributed by atoms with Gasteiger partial charge in [-0.15, -0.1) is 0 Å². The number of nitrogens with zero attached hydrogens (tertiary/aromatic N) is 3. The van der Waals surface area contributed by atoms with Gasteiger partial charge in [0.05, 0.1) is 5.69 Å². The lowest BCUT2D eigenvalue weighted by Gasteiger charge is -2.26. The van der Waals surface area contributed by atoms with Crippen molar-refractivity contribution < 1.29 is 0 Å². The maximum atomic E-state index is 4.28. The van der Waals surface area contributed by atoms with Crippen LogP contribution in [0, 0.1) is 0 Å². The van der Waals surface area contributed by atoms with Gasteiger partial charge in [-0.1, -0.05) is 18.6 Å². The zero-order valence-corrected chi connectivity index (χ0v) is 10.6. The second-order valence-electron chi connectivity index (χ2n) is 4.96. The van der Waals surface area contributed by atoms with E-state index >= 15 is 0 Å². The molecule has 1 saturated heterocycles. The minimum absolute atomic E-state index is 1.06. The van der Waals surface area contributed by atoms with Gasteiger partial charge in [0, 0.05) is 18.9 Å². The van der Waals surface area contributed by atoms with E-state index < -0.39 is 0 Å². The zero-order valence-electron chi connectivity index (χ0n) is 10.6. The summed E-state index contributed by atoms with van der Waals surface area (Å²) in [6, 6.07) is 10.6. The summed E-state index contributed by atoms with van der Waals surface area (Å²) >= 11 is 0. The molecule has 0 N–H and O–H groups in total. The van der Waals surface area contributed by atoms with E-state index in [-0.39, 0.29) is 0 Å². The molecule has 0 amide bonds. The normalized spacial score (nSPS) is 16.9. The molecule has 94 valence electrons. The number of rotatable bonds is 3. The minimum Gasteiger partial charge on any atom is -0.299 e. The number of likely N-dealkylation sites (tertiary alicyclic amines) is 1. The van der Waals surface area contributed by atoms with Gasteiger partial charge in [0.2, 0.25) is 0 Å². The standard InChI is InChI=1S/C15H19N3/c1-2-9-17(10-3-1)13-14-6-4-7-15(12-14)18-11-5-8-16-18/h4-8,11-12H,1-3,9-10,13H2. The molecule has 3 heteroatoms. The van der Waals surface area contributed by atoms with E-state index in [9.17, 15) is 0 Å². The summed E-state index contributed by atoms with van der Waals surface area (Å²) in [6.07, 6.45) is 7.89. The predicted molar refractivity (Wildman–Crippen MR) is 72.7 cm³/mol. The Hall–Kier alpha value is -1.61. The summed E-state index contributed by atoms with van der Waals surface area (Å²) in [5.74, 6) is 0. The van der Waals surface area contributed by atoms with Crippen molar-refractivity contribution in [1.29, 1.82) is 0 Å². The van der Waals surface area contributed by atoms with Crippen molar-refractivity contribution >= 4 is 0 Å². The van der Waals surface area contributed by atoms with E-state index in [2.05, 4.69) is 34.3 Å². The first-order valence-electron chi connectivity index (χ1n) is 6.73. The fourth-order valence-electron chi connectivity index (χ4n) is 2.59. The molecule has 0 unspecified atom stereocenters. The highest BCUT2D eigenvalue weighted by Gasteiger charge is 2.10. The summed E-state index contributed by atoms with van der Waals surface area (Å²) in [5, 5.41) is 4.28. The van der Waals surface area contributed by atoms with Crippen LogP contribution in [0.1, 0.15) is 24.8 Å². The molecule has 18 heavy (non-hydrogen) atoms. The molecule has 0 atom stereocenters. The number of benzene rings is 1. The molecule has 1 fully saturated rings. The smallest absolute Gasteiger partial charge is 0.0648 e. The second-order valence-corrected chi connectivity index (χ2v) is 4.96. The van der Waals surface area contributed by atoms with Crippen LogP contribution in [0.15, 0.2) is 42.7 Å². The Kier molecular flexibility index (Phi) is 3.42. The Morgan fingerprint density at radius 2 is 1.94 bits per heavy atom. The quantitative estimate of drug-likeness (QED) is 0.824. The highest BCUT2D eigenvalue weighted by Crippen LogP contribution is 2.15. The zero-order chi connectivity index (χ0) is 12.2. The third kappa shape index (κ3) is 2.62. The third-order valence-corrected chi connectivity index (χ3v) is 3.53. The Labute approximate surface area is 108 Å². The summed E-state index contributed by atoms with van der Waals surface area (Å²) in [6.45, 7) is 3.55. The van der Waals surface area contributed by atoms with Gasteiger partial charge in [-0.05, 0) is 49.7 Å².